The van der Waals surface area contributed by atoms with Gasteiger partial charge in [0.15, 0.2) is 0 Å². The van der Waals surface area contributed by atoms with Crippen LogP contribution >= 0.6 is 15.9 Å². The summed E-state index contributed by atoms with van der Waals surface area (Å²) in [6.45, 7) is 2.04. The molecule has 0 saturated heterocycles. The van der Waals surface area contributed by atoms with E-state index in [4.69, 9.17) is 0 Å². The fourth-order valence-corrected chi connectivity index (χ4v) is 1.03. The first-order valence-electron chi connectivity index (χ1n) is 3.65. The second-order valence-corrected chi connectivity index (χ2v) is 3.73. The Hall–Kier alpha value is -0.560. The molecule has 11 heavy (non-hydrogen) atoms. The second-order valence-electron chi connectivity index (χ2n) is 2.48. The van der Waals surface area contributed by atoms with Gasteiger partial charge in [0.1, 0.15) is 0 Å². The van der Waals surface area contributed by atoms with Gasteiger partial charge >= 0.3 is 0 Å². The standard InChI is InChI=1S/C10H11Br/c1-9(11)7-8-10-5-3-2-4-6-10/h2-7H,8H2,1H3/b9-7-. The van der Waals surface area contributed by atoms with Crippen LogP contribution in [0.4, 0.5) is 0 Å². The first-order chi connectivity index (χ1) is 5.29. The van der Waals surface area contributed by atoms with Crippen molar-refractivity contribution in [2.75, 3.05) is 0 Å². The van der Waals surface area contributed by atoms with E-state index in [0.717, 1.165) is 6.42 Å². The van der Waals surface area contributed by atoms with Gasteiger partial charge < -0.3 is 0 Å². The quantitative estimate of drug-likeness (QED) is 0.701. The molecule has 0 aromatic heterocycles. The van der Waals surface area contributed by atoms with E-state index in [2.05, 4.69) is 46.3 Å². The maximum Gasteiger partial charge on any atom is -0.00866 e. The summed E-state index contributed by atoms with van der Waals surface area (Å²) < 4.78 is 1.20. The fourth-order valence-electron chi connectivity index (χ4n) is 0.873. The Balaban J connectivity index is 2.59. The molecular formula is C10H11Br. The van der Waals surface area contributed by atoms with Gasteiger partial charge in [-0.3, -0.25) is 0 Å². The molecule has 0 saturated carbocycles. The van der Waals surface area contributed by atoms with Gasteiger partial charge in [-0.05, 0) is 23.4 Å². The second kappa shape index (κ2) is 4.35. The molecule has 0 bridgehead atoms. The summed E-state index contributed by atoms with van der Waals surface area (Å²) in [6, 6.07) is 10.4. The number of halogens is 1. The Kier molecular flexibility index (Phi) is 3.37. The van der Waals surface area contributed by atoms with Gasteiger partial charge in [-0.2, -0.15) is 0 Å². The molecule has 1 aromatic carbocycles. The van der Waals surface area contributed by atoms with Crippen molar-refractivity contribution < 1.29 is 0 Å². The summed E-state index contributed by atoms with van der Waals surface area (Å²) in [6.07, 6.45) is 3.17. The van der Waals surface area contributed by atoms with E-state index in [9.17, 15) is 0 Å². The monoisotopic (exact) mass is 210 g/mol. The van der Waals surface area contributed by atoms with E-state index >= 15 is 0 Å². The summed E-state index contributed by atoms with van der Waals surface area (Å²) in [5.41, 5.74) is 1.35. The molecule has 1 rings (SSSR count). The van der Waals surface area contributed by atoms with Crippen molar-refractivity contribution in [1.82, 2.24) is 0 Å². The van der Waals surface area contributed by atoms with Crippen LogP contribution in [0.1, 0.15) is 12.5 Å². The van der Waals surface area contributed by atoms with Crippen molar-refractivity contribution in [2.24, 2.45) is 0 Å². The van der Waals surface area contributed by atoms with Crippen molar-refractivity contribution in [3.63, 3.8) is 0 Å². The van der Waals surface area contributed by atoms with E-state index in [0.29, 0.717) is 0 Å². The third kappa shape index (κ3) is 3.38. The van der Waals surface area contributed by atoms with Gasteiger partial charge in [0.05, 0.1) is 0 Å². The maximum absolute atomic E-state index is 3.39. The van der Waals surface area contributed by atoms with Gasteiger partial charge in [-0.1, -0.05) is 52.3 Å². The molecular weight excluding hydrogens is 200 g/mol. The highest BCUT2D eigenvalue weighted by Gasteiger charge is 1.86. The van der Waals surface area contributed by atoms with Crippen LogP contribution in [0.3, 0.4) is 0 Å². The van der Waals surface area contributed by atoms with Crippen molar-refractivity contribution >= 4 is 15.9 Å². The number of rotatable bonds is 2. The smallest absolute Gasteiger partial charge is 0.00866 e. The molecule has 0 spiro atoms. The average Bonchev–Trinajstić information content (AvgIpc) is 2.03. The van der Waals surface area contributed by atoms with Crippen LogP contribution in [-0.4, -0.2) is 0 Å². The summed E-state index contributed by atoms with van der Waals surface area (Å²) in [7, 11) is 0. The van der Waals surface area contributed by atoms with Crippen LogP contribution < -0.4 is 0 Å². The molecule has 1 aromatic rings. The third-order valence-corrected chi connectivity index (χ3v) is 1.79. The molecule has 0 atom stereocenters. The molecule has 1 heteroatoms. The average molecular weight is 211 g/mol. The van der Waals surface area contributed by atoms with E-state index in [-0.39, 0.29) is 0 Å². The van der Waals surface area contributed by atoms with Crippen LogP contribution in [0.5, 0.6) is 0 Å². The predicted molar refractivity (Wildman–Crippen MR) is 52.8 cm³/mol. The largest absolute Gasteiger partial charge is 0.0703 e. The number of hydrogen-bond acceptors (Lipinski definition) is 0. The number of allylic oxidation sites excluding steroid dienone is 2. The fraction of sp³-hybridized carbons (Fsp3) is 0.200. The van der Waals surface area contributed by atoms with Crippen molar-refractivity contribution in [1.29, 1.82) is 0 Å². The minimum atomic E-state index is 1.01. The topological polar surface area (TPSA) is 0 Å². The molecule has 0 amide bonds. The minimum Gasteiger partial charge on any atom is -0.0703 e. The molecule has 0 heterocycles. The lowest BCUT2D eigenvalue weighted by Gasteiger charge is -1.93. The van der Waals surface area contributed by atoms with Gasteiger partial charge in [0.25, 0.3) is 0 Å². The van der Waals surface area contributed by atoms with Gasteiger partial charge in [0.2, 0.25) is 0 Å². The molecule has 0 aliphatic heterocycles. The zero-order valence-electron chi connectivity index (χ0n) is 6.55. The summed E-state index contributed by atoms with van der Waals surface area (Å²) in [5.74, 6) is 0. The molecule has 0 unspecified atom stereocenters. The van der Waals surface area contributed by atoms with E-state index in [1.54, 1.807) is 0 Å². The SMILES string of the molecule is C/C(Br)=C/Cc1ccccc1. The first kappa shape index (κ1) is 8.54. The molecule has 0 radical (unpaired) electrons. The van der Waals surface area contributed by atoms with Gasteiger partial charge in [-0.25, -0.2) is 0 Å². The highest BCUT2D eigenvalue weighted by molar-refractivity contribution is 9.11. The summed E-state index contributed by atoms with van der Waals surface area (Å²) >= 11 is 3.39. The lowest BCUT2D eigenvalue weighted by Crippen LogP contribution is -1.78. The molecule has 0 aliphatic rings. The Bertz CT molecular complexity index is 232. The minimum absolute atomic E-state index is 1.01. The van der Waals surface area contributed by atoms with E-state index in [1.807, 2.05) is 13.0 Å². The first-order valence-corrected chi connectivity index (χ1v) is 4.44. The maximum atomic E-state index is 3.39. The van der Waals surface area contributed by atoms with Crippen LogP contribution in [0.25, 0.3) is 0 Å². The van der Waals surface area contributed by atoms with Crippen LogP contribution in [0, 0.1) is 0 Å². The zero-order valence-corrected chi connectivity index (χ0v) is 8.14. The van der Waals surface area contributed by atoms with E-state index < -0.39 is 0 Å². The van der Waals surface area contributed by atoms with Gasteiger partial charge in [0, 0.05) is 0 Å². The van der Waals surface area contributed by atoms with Crippen molar-refractivity contribution in [2.45, 2.75) is 13.3 Å². The third-order valence-electron chi connectivity index (χ3n) is 1.46. The van der Waals surface area contributed by atoms with Crippen LogP contribution in [-0.2, 0) is 6.42 Å². The predicted octanol–water partition coefficient (Wildman–Crippen LogP) is 3.53. The Labute approximate surface area is 76.1 Å². The zero-order chi connectivity index (χ0) is 8.10. The highest BCUT2D eigenvalue weighted by atomic mass is 79.9. The van der Waals surface area contributed by atoms with Crippen molar-refractivity contribution in [3.05, 3.63) is 46.5 Å². The molecule has 0 nitrogen and oxygen atoms in total. The molecule has 58 valence electrons. The molecule has 0 N–H and O–H groups in total. The van der Waals surface area contributed by atoms with Crippen LogP contribution in [0.2, 0.25) is 0 Å². The van der Waals surface area contributed by atoms with E-state index in [1.165, 1.54) is 10.0 Å². The Morgan fingerprint density at radius 3 is 2.55 bits per heavy atom. The highest BCUT2D eigenvalue weighted by Crippen LogP contribution is 2.06. The summed E-state index contributed by atoms with van der Waals surface area (Å²) in [5, 5.41) is 0. The summed E-state index contributed by atoms with van der Waals surface area (Å²) in [4.78, 5) is 0. The molecule has 0 fully saturated rings. The number of hydrogen-bond donors (Lipinski definition) is 0. The lowest BCUT2D eigenvalue weighted by molar-refractivity contribution is 1.26. The molecule has 0 aliphatic carbocycles. The van der Waals surface area contributed by atoms with Crippen molar-refractivity contribution in [3.8, 4) is 0 Å². The lowest BCUT2D eigenvalue weighted by atomic mass is 10.1. The Morgan fingerprint density at radius 1 is 1.36 bits per heavy atom. The number of benzene rings is 1. The van der Waals surface area contributed by atoms with Gasteiger partial charge in [-0.15, -0.1) is 0 Å². The Morgan fingerprint density at radius 2 is 2.00 bits per heavy atom. The normalized spacial score (nSPS) is 11.6. The van der Waals surface area contributed by atoms with Crippen LogP contribution in [0.15, 0.2) is 40.9 Å².